The Morgan fingerprint density at radius 1 is 0.287 bits per heavy atom. The highest BCUT2D eigenvalue weighted by Crippen LogP contribution is 2.57. The summed E-state index contributed by atoms with van der Waals surface area (Å²) in [5, 5.41) is 6.98. The molecule has 0 bridgehead atoms. The third-order valence-corrected chi connectivity index (χ3v) is 16.8. The Hall–Kier alpha value is -10.5. The lowest BCUT2D eigenvalue weighted by molar-refractivity contribution is 0.669. The van der Waals surface area contributed by atoms with Gasteiger partial charge in [-0.2, -0.15) is 0 Å². The zero-order valence-electron chi connectivity index (χ0n) is 43.7. The van der Waals surface area contributed by atoms with Crippen molar-refractivity contribution in [1.29, 1.82) is 0 Å². The molecule has 2 heterocycles. The summed E-state index contributed by atoms with van der Waals surface area (Å²) in [5.74, 6) is 0. The molecular formula is C77H50N2O. The molecule has 0 fully saturated rings. The third-order valence-electron chi connectivity index (χ3n) is 16.8. The van der Waals surface area contributed by atoms with Crippen molar-refractivity contribution >= 4 is 71.6 Å². The van der Waals surface area contributed by atoms with Crippen LogP contribution in [0.4, 0.5) is 17.1 Å². The highest BCUT2D eigenvalue weighted by atomic mass is 16.3. The summed E-state index contributed by atoms with van der Waals surface area (Å²) in [6, 6.07) is 112. The van der Waals surface area contributed by atoms with Crippen LogP contribution < -0.4 is 4.90 Å². The highest BCUT2D eigenvalue weighted by Gasteiger charge is 2.46. The van der Waals surface area contributed by atoms with Gasteiger partial charge in [-0.25, -0.2) is 0 Å². The molecule has 0 spiro atoms. The molecule has 0 radical (unpaired) electrons. The molecule has 1 aliphatic carbocycles. The fourth-order valence-corrected chi connectivity index (χ4v) is 13.2. The number of aromatic nitrogens is 1. The first kappa shape index (κ1) is 45.7. The number of anilines is 3. The number of nitrogens with zero attached hydrogens (tertiary/aromatic N) is 2. The van der Waals surface area contributed by atoms with E-state index in [4.69, 9.17) is 4.42 Å². The molecule has 2 aromatic heterocycles. The monoisotopic (exact) mass is 1020 g/mol. The number of benzene rings is 13. The maximum absolute atomic E-state index is 6.42. The SMILES string of the molecule is c1ccc(-c2cccc(-n3c4ccccc4c4cc(-c5cc(-c6ccc7oc8ccccc8c7c6)cc(N(c6ccc7c(c6)C(c6ccccc6)(c6ccccc6)c6ccccc6-7)c6ccc7ccccc7c6)c5)ccc43)c2)cc1. The number of furan rings is 1. The van der Waals surface area contributed by atoms with E-state index in [1.807, 2.05) is 6.07 Å². The Morgan fingerprint density at radius 2 is 0.863 bits per heavy atom. The van der Waals surface area contributed by atoms with Gasteiger partial charge < -0.3 is 13.9 Å². The van der Waals surface area contributed by atoms with Crippen LogP contribution >= 0.6 is 0 Å². The molecule has 0 saturated heterocycles. The summed E-state index contributed by atoms with van der Waals surface area (Å²) in [4.78, 5) is 2.49. The van der Waals surface area contributed by atoms with Gasteiger partial charge in [0.1, 0.15) is 11.2 Å². The minimum atomic E-state index is -0.577. The van der Waals surface area contributed by atoms with E-state index in [2.05, 4.69) is 307 Å². The second kappa shape index (κ2) is 18.3. The van der Waals surface area contributed by atoms with Crippen LogP contribution in [0.5, 0.6) is 0 Å². The van der Waals surface area contributed by atoms with Crippen LogP contribution in [-0.4, -0.2) is 4.57 Å². The van der Waals surface area contributed by atoms with Gasteiger partial charge in [-0.1, -0.05) is 212 Å². The predicted molar refractivity (Wildman–Crippen MR) is 334 cm³/mol. The van der Waals surface area contributed by atoms with Gasteiger partial charge in [0.15, 0.2) is 0 Å². The summed E-state index contributed by atoms with van der Waals surface area (Å²) in [5.41, 5.74) is 22.2. The van der Waals surface area contributed by atoms with Crippen molar-refractivity contribution in [2.45, 2.75) is 5.41 Å². The van der Waals surface area contributed by atoms with Crippen LogP contribution in [-0.2, 0) is 5.41 Å². The Kier molecular flexibility index (Phi) is 10.5. The van der Waals surface area contributed by atoms with Crippen molar-refractivity contribution in [1.82, 2.24) is 4.57 Å². The second-order valence-corrected chi connectivity index (χ2v) is 21.2. The molecule has 0 aliphatic heterocycles. The quantitative estimate of drug-likeness (QED) is 0.144. The summed E-state index contributed by atoms with van der Waals surface area (Å²) in [6.07, 6.45) is 0. The van der Waals surface area contributed by atoms with Gasteiger partial charge in [-0.05, 0) is 169 Å². The second-order valence-electron chi connectivity index (χ2n) is 21.2. The van der Waals surface area contributed by atoms with Crippen molar-refractivity contribution in [3.63, 3.8) is 0 Å². The molecule has 0 N–H and O–H groups in total. The van der Waals surface area contributed by atoms with Gasteiger partial charge in [-0.3, -0.25) is 0 Å². The molecule has 0 amide bonds. The van der Waals surface area contributed by atoms with E-state index < -0.39 is 5.41 Å². The Bertz CT molecular complexity index is 4860. The average molecular weight is 1020 g/mol. The molecule has 13 aromatic carbocycles. The molecule has 374 valence electrons. The van der Waals surface area contributed by atoms with Gasteiger partial charge >= 0.3 is 0 Å². The van der Waals surface area contributed by atoms with Crippen molar-refractivity contribution < 1.29 is 4.42 Å². The number of rotatable bonds is 9. The average Bonchev–Trinajstić information content (AvgIpc) is 4.37. The van der Waals surface area contributed by atoms with Crippen LogP contribution in [0.15, 0.2) is 308 Å². The maximum Gasteiger partial charge on any atom is 0.135 e. The van der Waals surface area contributed by atoms with E-state index in [9.17, 15) is 0 Å². The first-order valence-corrected chi connectivity index (χ1v) is 27.5. The lowest BCUT2D eigenvalue weighted by Crippen LogP contribution is -2.28. The molecule has 16 rings (SSSR count). The minimum Gasteiger partial charge on any atom is -0.456 e. The largest absolute Gasteiger partial charge is 0.456 e. The molecule has 0 unspecified atom stereocenters. The number of fused-ring (bicyclic) bond motifs is 10. The Labute approximate surface area is 464 Å². The van der Waals surface area contributed by atoms with E-state index in [1.165, 1.54) is 71.6 Å². The summed E-state index contributed by atoms with van der Waals surface area (Å²) in [7, 11) is 0. The van der Waals surface area contributed by atoms with Crippen molar-refractivity contribution in [3.8, 4) is 50.2 Å². The predicted octanol–water partition coefficient (Wildman–Crippen LogP) is 20.7. The molecule has 15 aromatic rings. The molecule has 3 nitrogen and oxygen atoms in total. The molecule has 3 heteroatoms. The van der Waals surface area contributed by atoms with Crippen molar-refractivity contribution in [3.05, 3.63) is 326 Å². The van der Waals surface area contributed by atoms with Gasteiger partial charge in [0.05, 0.1) is 16.4 Å². The smallest absolute Gasteiger partial charge is 0.135 e. The van der Waals surface area contributed by atoms with E-state index in [0.717, 1.165) is 72.5 Å². The van der Waals surface area contributed by atoms with E-state index >= 15 is 0 Å². The van der Waals surface area contributed by atoms with Gasteiger partial charge in [-0.15, -0.1) is 0 Å². The lowest BCUT2D eigenvalue weighted by Gasteiger charge is -2.35. The van der Waals surface area contributed by atoms with Gasteiger partial charge in [0.2, 0.25) is 0 Å². The van der Waals surface area contributed by atoms with E-state index in [-0.39, 0.29) is 0 Å². The third kappa shape index (κ3) is 7.21. The van der Waals surface area contributed by atoms with Gasteiger partial charge in [0.25, 0.3) is 0 Å². The van der Waals surface area contributed by atoms with Crippen LogP contribution in [0, 0.1) is 0 Å². The molecule has 0 saturated carbocycles. The Morgan fingerprint density at radius 3 is 1.66 bits per heavy atom. The highest BCUT2D eigenvalue weighted by molar-refractivity contribution is 6.11. The summed E-state index contributed by atoms with van der Waals surface area (Å²) in [6.45, 7) is 0. The van der Waals surface area contributed by atoms with E-state index in [0.29, 0.717) is 0 Å². The zero-order valence-corrected chi connectivity index (χ0v) is 43.7. The standard InChI is InChI=1S/C77H50N2O/c1-4-19-51(20-5-1)54-23-18-28-61(44-54)79-73-33-16-13-30-67(73)69-48-55(36-41-74(69)79)57-43-58(56-37-42-76-70(49-56)68-31-14-17-34-75(68)80-76)47-64(46-57)78(62-38-35-52-21-10-11-22-53(52)45-62)63-39-40-66-65-29-12-15-32-71(65)77(72(66)50-63,59-24-6-2-7-25-59)60-26-8-3-9-27-60/h1-50H. The van der Waals surface area contributed by atoms with Crippen LogP contribution in [0.1, 0.15) is 22.3 Å². The zero-order chi connectivity index (χ0) is 52.7. The fraction of sp³-hybridized carbons (Fsp3) is 0.0130. The number of hydrogen-bond acceptors (Lipinski definition) is 2. The maximum atomic E-state index is 6.42. The van der Waals surface area contributed by atoms with E-state index in [1.54, 1.807) is 0 Å². The molecular weight excluding hydrogens is 969 g/mol. The van der Waals surface area contributed by atoms with Crippen molar-refractivity contribution in [2.24, 2.45) is 0 Å². The minimum absolute atomic E-state index is 0.577. The lowest BCUT2D eigenvalue weighted by atomic mass is 9.67. The normalized spacial score (nSPS) is 12.6. The van der Waals surface area contributed by atoms with Crippen molar-refractivity contribution in [2.75, 3.05) is 4.90 Å². The van der Waals surface area contributed by atoms with Gasteiger partial charge in [0, 0.05) is 44.3 Å². The number of para-hydroxylation sites is 2. The first-order chi connectivity index (χ1) is 39.6. The summed E-state index contributed by atoms with van der Waals surface area (Å²) >= 11 is 0. The molecule has 1 aliphatic rings. The summed E-state index contributed by atoms with van der Waals surface area (Å²) < 4.78 is 8.84. The fourth-order valence-electron chi connectivity index (χ4n) is 13.2. The van der Waals surface area contributed by atoms with Crippen LogP contribution in [0.2, 0.25) is 0 Å². The van der Waals surface area contributed by atoms with Crippen LogP contribution in [0.25, 0.3) is 105 Å². The Balaban J connectivity index is 0.946. The molecule has 0 atom stereocenters. The topological polar surface area (TPSA) is 21.3 Å². The first-order valence-electron chi connectivity index (χ1n) is 27.5. The van der Waals surface area contributed by atoms with Crippen LogP contribution in [0.3, 0.4) is 0 Å². The number of hydrogen-bond donors (Lipinski definition) is 0. The molecule has 80 heavy (non-hydrogen) atoms.